The molecule has 0 radical (unpaired) electrons. The van der Waals surface area contributed by atoms with Crippen molar-refractivity contribution in [3.63, 3.8) is 0 Å². The fraction of sp³-hybridized carbons (Fsp3) is 0.333. The molecule has 0 spiro atoms. The fourth-order valence-corrected chi connectivity index (χ4v) is 0.587. The lowest BCUT2D eigenvalue weighted by atomic mass is 10.8. The maximum atomic E-state index is 4.75. The number of hydrogen-bond donors (Lipinski definition) is 0. The molecule has 0 saturated carbocycles. The minimum atomic E-state index is 0.681. The van der Waals surface area contributed by atoms with Crippen LogP contribution in [0.15, 0.2) is 10.8 Å². The Morgan fingerprint density at radius 3 is 3.00 bits per heavy atom. The van der Waals surface area contributed by atoms with Gasteiger partial charge in [-0.3, -0.25) is 0 Å². The van der Waals surface area contributed by atoms with Gasteiger partial charge in [0.25, 0.3) is 0 Å². The molecule has 0 saturated heterocycles. The van der Waals surface area contributed by atoms with Gasteiger partial charge in [0, 0.05) is 0 Å². The van der Waals surface area contributed by atoms with Crippen LogP contribution in [-0.4, -0.2) is 10.2 Å². The highest BCUT2D eigenvalue weighted by Gasteiger charge is 1.89. The summed E-state index contributed by atoms with van der Waals surface area (Å²) in [5.41, 5.74) is 0. The van der Waals surface area contributed by atoms with E-state index in [1.165, 1.54) is 6.39 Å². The summed E-state index contributed by atoms with van der Waals surface area (Å²) in [5, 5.41) is 7.08. The standard InChI is InChI=1S/C3H3IN2O/c4-1-3-6-5-2-7-3/h2H,1H2. The van der Waals surface area contributed by atoms with Crippen molar-refractivity contribution in [1.82, 2.24) is 10.2 Å². The van der Waals surface area contributed by atoms with E-state index in [-0.39, 0.29) is 0 Å². The van der Waals surface area contributed by atoms with E-state index < -0.39 is 0 Å². The average molecular weight is 210 g/mol. The van der Waals surface area contributed by atoms with Gasteiger partial charge in [-0.1, -0.05) is 22.6 Å². The summed E-state index contributed by atoms with van der Waals surface area (Å²) < 4.78 is 5.54. The second kappa shape index (κ2) is 2.25. The Morgan fingerprint density at radius 2 is 2.71 bits per heavy atom. The molecule has 0 fully saturated rings. The first kappa shape index (κ1) is 5.02. The molecule has 1 rings (SSSR count). The van der Waals surface area contributed by atoms with Crippen LogP contribution in [0.3, 0.4) is 0 Å². The van der Waals surface area contributed by atoms with Gasteiger partial charge in [0.05, 0.1) is 4.43 Å². The Morgan fingerprint density at radius 1 is 1.86 bits per heavy atom. The van der Waals surface area contributed by atoms with Crippen LogP contribution in [0.1, 0.15) is 5.89 Å². The van der Waals surface area contributed by atoms with Crippen LogP contribution in [0.5, 0.6) is 0 Å². The highest BCUT2D eigenvalue weighted by molar-refractivity contribution is 14.1. The van der Waals surface area contributed by atoms with Crippen LogP contribution in [0.4, 0.5) is 0 Å². The zero-order valence-corrected chi connectivity index (χ0v) is 5.62. The van der Waals surface area contributed by atoms with Gasteiger partial charge in [0.15, 0.2) is 0 Å². The van der Waals surface area contributed by atoms with Crippen LogP contribution in [0.25, 0.3) is 0 Å². The third-order valence-corrected chi connectivity index (χ3v) is 1.17. The van der Waals surface area contributed by atoms with Gasteiger partial charge in [-0.15, -0.1) is 10.2 Å². The van der Waals surface area contributed by atoms with Gasteiger partial charge in [-0.25, -0.2) is 0 Å². The summed E-state index contributed by atoms with van der Waals surface area (Å²) >= 11 is 2.15. The van der Waals surface area contributed by atoms with Crippen LogP contribution >= 0.6 is 22.6 Å². The second-order valence-electron chi connectivity index (χ2n) is 0.966. The van der Waals surface area contributed by atoms with E-state index in [0.717, 1.165) is 4.43 Å². The molecule has 1 aromatic heterocycles. The maximum absolute atomic E-state index is 4.75. The summed E-state index contributed by atoms with van der Waals surface area (Å²) in [6.45, 7) is 0. The normalized spacial score (nSPS) is 9.29. The minimum absolute atomic E-state index is 0.681. The summed E-state index contributed by atoms with van der Waals surface area (Å²) in [5.74, 6) is 0.681. The molecule has 3 nitrogen and oxygen atoms in total. The predicted octanol–water partition coefficient (Wildman–Crippen LogP) is 1.00. The topological polar surface area (TPSA) is 38.9 Å². The zero-order chi connectivity index (χ0) is 5.11. The Hall–Kier alpha value is -0.130. The van der Waals surface area contributed by atoms with Gasteiger partial charge in [0.1, 0.15) is 0 Å². The Labute approximate surface area is 54.3 Å². The van der Waals surface area contributed by atoms with Crippen molar-refractivity contribution >= 4 is 22.6 Å². The van der Waals surface area contributed by atoms with Crippen molar-refractivity contribution in [2.75, 3.05) is 0 Å². The third kappa shape index (κ3) is 1.12. The van der Waals surface area contributed by atoms with E-state index in [9.17, 15) is 0 Å². The van der Waals surface area contributed by atoms with E-state index in [0.29, 0.717) is 5.89 Å². The number of hydrogen-bond acceptors (Lipinski definition) is 3. The lowest BCUT2D eigenvalue weighted by Gasteiger charge is -1.73. The van der Waals surface area contributed by atoms with Crippen molar-refractivity contribution in [2.45, 2.75) is 4.43 Å². The van der Waals surface area contributed by atoms with Crippen molar-refractivity contribution in [3.8, 4) is 0 Å². The molecule has 0 aliphatic carbocycles. The molecular formula is C3H3IN2O. The number of alkyl halides is 1. The first-order chi connectivity index (χ1) is 3.43. The lowest BCUT2D eigenvalue weighted by molar-refractivity contribution is 0.517. The Bertz CT molecular complexity index is 127. The van der Waals surface area contributed by atoms with Gasteiger partial charge in [-0.05, 0) is 0 Å². The van der Waals surface area contributed by atoms with E-state index in [1.807, 2.05) is 0 Å². The lowest BCUT2D eigenvalue weighted by Crippen LogP contribution is -1.72. The third-order valence-electron chi connectivity index (χ3n) is 0.519. The number of halogens is 1. The highest BCUT2D eigenvalue weighted by Crippen LogP contribution is 1.97. The van der Waals surface area contributed by atoms with Crippen molar-refractivity contribution in [2.24, 2.45) is 0 Å². The Balaban J connectivity index is 2.76. The van der Waals surface area contributed by atoms with Gasteiger partial charge in [-0.2, -0.15) is 0 Å². The van der Waals surface area contributed by atoms with Crippen LogP contribution in [0, 0.1) is 0 Å². The number of aromatic nitrogens is 2. The summed E-state index contributed by atoms with van der Waals surface area (Å²) in [7, 11) is 0. The zero-order valence-electron chi connectivity index (χ0n) is 3.47. The molecule has 7 heavy (non-hydrogen) atoms. The first-order valence-corrected chi connectivity index (χ1v) is 3.27. The quantitative estimate of drug-likeness (QED) is 0.512. The van der Waals surface area contributed by atoms with E-state index in [1.54, 1.807) is 0 Å². The van der Waals surface area contributed by atoms with E-state index in [2.05, 4.69) is 32.8 Å². The van der Waals surface area contributed by atoms with Crippen LogP contribution in [-0.2, 0) is 4.43 Å². The number of rotatable bonds is 1. The maximum Gasteiger partial charge on any atom is 0.225 e. The largest absolute Gasteiger partial charge is 0.427 e. The number of nitrogens with zero attached hydrogens (tertiary/aromatic N) is 2. The molecule has 1 heterocycles. The molecule has 0 atom stereocenters. The molecule has 0 aliphatic heterocycles. The SMILES string of the molecule is ICc1nnco1. The van der Waals surface area contributed by atoms with Crippen LogP contribution in [0.2, 0.25) is 0 Å². The smallest absolute Gasteiger partial charge is 0.225 e. The fourth-order valence-electron chi connectivity index (χ4n) is 0.254. The van der Waals surface area contributed by atoms with Crippen LogP contribution < -0.4 is 0 Å². The first-order valence-electron chi connectivity index (χ1n) is 1.74. The van der Waals surface area contributed by atoms with Crippen molar-refractivity contribution < 1.29 is 4.42 Å². The predicted molar refractivity (Wildman–Crippen MR) is 32.0 cm³/mol. The molecule has 0 bridgehead atoms. The molecule has 0 aliphatic rings. The van der Waals surface area contributed by atoms with E-state index >= 15 is 0 Å². The Kier molecular flexibility index (Phi) is 1.61. The van der Waals surface area contributed by atoms with E-state index in [4.69, 9.17) is 4.42 Å². The molecule has 0 amide bonds. The molecule has 0 unspecified atom stereocenters. The summed E-state index contributed by atoms with van der Waals surface area (Å²) in [6, 6.07) is 0. The monoisotopic (exact) mass is 210 g/mol. The molecule has 38 valence electrons. The van der Waals surface area contributed by atoms with Gasteiger partial charge in [0.2, 0.25) is 12.3 Å². The minimum Gasteiger partial charge on any atom is -0.427 e. The summed E-state index contributed by atoms with van der Waals surface area (Å²) in [4.78, 5) is 0. The second-order valence-corrected chi connectivity index (χ2v) is 1.73. The highest BCUT2D eigenvalue weighted by atomic mass is 127. The molecule has 0 N–H and O–H groups in total. The van der Waals surface area contributed by atoms with Crippen molar-refractivity contribution in [3.05, 3.63) is 12.3 Å². The summed E-state index contributed by atoms with van der Waals surface area (Å²) in [6.07, 6.45) is 1.33. The van der Waals surface area contributed by atoms with Crippen molar-refractivity contribution in [1.29, 1.82) is 0 Å². The average Bonchev–Trinajstić information content (AvgIpc) is 2.14. The molecule has 4 heteroatoms. The molecule has 1 aromatic rings. The molecular weight excluding hydrogens is 207 g/mol. The molecule has 0 aromatic carbocycles. The van der Waals surface area contributed by atoms with Gasteiger partial charge >= 0.3 is 0 Å². The van der Waals surface area contributed by atoms with Gasteiger partial charge < -0.3 is 4.42 Å².